The maximum Gasteiger partial charge on any atom is 0.244 e. The summed E-state index contributed by atoms with van der Waals surface area (Å²) in [4.78, 5) is 15.9. The first-order valence-corrected chi connectivity index (χ1v) is 10.4. The molecular formula is C17H23N5O3S. The van der Waals surface area contributed by atoms with E-state index in [9.17, 15) is 13.2 Å². The lowest BCUT2D eigenvalue weighted by Crippen LogP contribution is -2.57. The third kappa shape index (κ3) is 3.49. The SMILES string of the molecule is CN(Cc1cnn(-c2ccccc2)n1)C(=O)C1(S(C)(=O)=O)CCNCC1. The van der Waals surface area contributed by atoms with Gasteiger partial charge in [-0.05, 0) is 38.1 Å². The van der Waals surface area contributed by atoms with E-state index in [4.69, 9.17) is 0 Å². The number of nitrogens with zero attached hydrogens (tertiary/aromatic N) is 4. The molecule has 1 amide bonds. The molecular weight excluding hydrogens is 354 g/mol. The highest BCUT2D eigenvalue weighted by Crippen LogP contribution is 2.30. The van der Waals surface area contributed by atoms with Gasteiger partial charge in [-0.25, -0.2) is 8.42 Å². The molecule has 2 aromatic rings. The number of amides is 1. The van der Waals surface area contributed by atoms with Gasteiger partial charge in [0.15, 0.2) is 14.6 Å². The van der Waals surface area contributed by atoms with Crippen LogP contribution in [0.15, 0.2) is 36.5 Å². The number of carbonyl (C=O) groups excluding carboxylic acids is 1. The van der Waals surface area contributed by atoms with Gasteiger partial charge in [-0.3, -0.25) is 4.79 Å². The number of carbonyl (C=O) groups is 1. The molecule has 8 nitrogen and oxygen atoms in total. The molecule has 1 aromatic carbocycles. The minimum absolute atomic E-state index is 0.205. The normalized spacial score (nSPS) is 17.0. The maximum absolute atomic E-state index is 13.0. The summed E-state index contributed by atoms with van der Waals surface area (Å²) in [7, 11) is -1.92. The average Bonchev–Trinajstić information content (AvgIpc) is 3.10. The second-order valence-electron chi connectivity index (χ2n) is 6.64. The van der Waals surface area contributed by atoms with Gasteiger partial charge >= 0.3 is 0 Å². The van der Waals surface area contributed by atoms with Crippen molar-refractivity contribution in [3.8, 4) is 5.69 Å². The Kier molecular flexibility index (Phi) is 5.10. The smallest absolute Gasteiger partial charge is 0.244 e. The number of aromatic nitrogens is 3. The number of sulfone groups is 1. The Labute approximate surface area is 153 Å². The Morgan fingerprint density at radius 3 is 2.54 bits per heavy atom. The predicted octanol–water partition coefficient (Wildman–Crippen LogP) is 0.393. The van der Waals surface area contributed by atoms with Crippen molar-refractivity contribution in [3.05, 3.63) is 42.2 Å². The van der Waals surface area contributed by atoms with Crippen LogP contribution in [0.25, 0.3) is 5.69 Å². The number of para-hydroxylation sites is 1. The van der Waals surface area contributed by atoms with Gasteiger partial charge in [-0.1, -0.05) is 18.2 Å². The summed E-state index contributed by atoms with van der Waals surface area (Å²) >= 11 is 0. The van der Waals surface area contributed by atoms with Crippen molar-refractivity contribution in [2.75, 3.05) is 26.4 Å². The summed E-state index contributed by atoms with van der Waals surface area (Å²) in [6, 6.07) is 9.45. The molecule has 0 spiro atoms. The third-order valence-corrected chi connectivity index (χ3v) is 6.79. The van der Waals surface area contributed by atoms with E-state index >= 15 is 0 Å². The summed E-state index contributed by atoms with van der Waals surface area (Å²) in [5, 5.41) is 11.7. The lowest BCUT2D eigenvalue weighted by Gasteiger charge is -2.37. The molecule has 0 atom stereocenters. The molecule has 0 bridgehead atoms. The molecule has 0 aliphatic carbocycles. The fourth-order valence-electron chi connectivity index (χ4n) is 3.29. The molecule has 1 N–H and O–H groups in total. The van der Waals surface area contributed by atoms with Crippen LogP contribution in [0.1, 0.15) is 18.5 Å². The minimum atomic E-state index is -3.53. The highest BCUT2D eigenvalue weighted by molar-refractivity contribution is 7.92. The van der Waals surface area contributed by atoms with Crippen LogP contribution in [-0.4, -0.2) is 65.4 Å². The van der Waals surface area contributed by atoms with Crippen LogP contribution in [0.2, 0.25) is 0 Å². The standard InChI is InChI=1S/C17H23N5O3S/c1-21(16(23)17(26(2,24)25)8-10-18-11-9-17)13-14-12-19-22(20-14)15-6-4-3-5-7-15/h3-7,12,18H,8-11,13H2,1-2H3. The summed E-state index contributed by atoms with van der Waals surface area (Å²) in [5.41, 5.74) is 1.42. The summed E-state index contributed by atoms with van der Waals surface area (Å²) in [5.74, 6) is -0.379. The average molecular weight is 377 g/mol. The van der Waals surface area contributed by atoms with Crippen LogP contribution in [-0.2, 0) is 21.2 Å². The number of piperidine rings is 1. The highest BCUT2D eigenvalue weighted by atomic mass is 32.2. The Bertz CT molecular complexity index is 873. The zero-order chi connectivity index (χ0) is 18.8. The van der Waals surface area contributed by atoms with Crippen molar-refractivity contribution < 1.29 is 13.2 Å². The van der Waals surface area contributed by atoms with Crippen molar-refractivity contribution in [3.63, 3.8) is 0 Å². The van der Waals surface area contributed by atoms with Crippen molar-refractivity contribution in [2.45, 2.75) is 24.1 Å². The first-order chi connectivity index (χ1) is 12.3. The Hall–Kier alpha value is -2.26. The number of nitrogens with one attached hydrogen (secondary N) is 1. The van der Waals surface area contributed by atoms with Gasteiger partial charge in [-0.15, -0.1) is 0 Å². The van der Waals surface area contributed by atoms with E-state index in [0.29, 0.717) is 18.8 Å². The zero-order valence-electron chi connectivity index (χ0n) is 14.9. The molecule has 0 unspecified atom stereocenters. The van der Waals surface area contributed by atoms with Gasteiger partial charge in [0.1, 0.15) is 5.69 Å². The summed E-state index contributed by atoms with van der Waals surface area (Å²) in [6.07, 6.45) is 3.31. The van der Waals surface area contributed by atoms with E-state index in [1.54, 1.807) is 13.2 Å². The van der Waals surface area contributed by atoms with E-state index in [1.807, 2.05) is 30.3 Å². The van der Waals surface area contributed by atoms with Crippen LogP contribution >= 0.6 is 0 Å². The molecule has 9 heteroatoms. The van der Waals surface area contributed by atoms with Gasteiger partial charge in [-0.2, -0.15) is 15.0 Å². The van der Waals surface area contributed by atoms with Crippen molar-refractivity contribution in [1.82, 2.24) is 25.2 Å². The van der Waals surface area contributed by atoms with Crippen LogP contribution in [0.4, 0.5) is 0 Å². The van der Waals surface area contributed by atoms with Crippen LogP contribution < -0.4 is 5.32 Å². The van der Waals surface area contributed by atoms with Gasteiger partial charge in [0, 0.05) is 13.3 Å². The molecule has 26 heavy (non-hydrogen) atoms. The number of hydrogen-bond donors (Lipinski definition) is 1. The molecule has 1 fully saturated rings. The lowest BCUT2D eigenvalue weighted by molar-refractivity contribution is -0.134. The third-order valence-electron chi connectivity index (χ3n) is 4.78. The quantitative estimate of drug-likeness (QED) is 0.810. The number of hydrogen-bond acceptors (Lipinski definition) is 6. The molecule has 1 aromatic heterocycles. The molecule has 140 valence electrons. The summed E-state index contributed by atoms with van der Waals surface area (Å²) in [6.45, 7) is 1.23. The second kappa shape index (κ2) is 7.16. The van der Waals surface area contributed by atoms with Gasteiger partial charge < -0.3 is 10.2 Å². The zero-order valence-corrected chi connectivity index (χ0v) is 15.7. The van der Waals surface area contributed by atoms with E-state index in [-0.39, 0.29) is 25.3 Å². The molecule has 2 heterocycles. The molecule has 1 saturated heterocycles. The molecule has 1 aliphatic rings. The van der Waals surface area contributed by atoms with E-state index < -0.39 is 14.6 Å². The van der Waals surface area contributed by atoms with E-state index in [0.717, 1.165) is 11.9 Å². The molecule has 0 saturated carbocycles. The lowest BCUT2D eigenvalue weighted by atomic mass is 9.95. The van der Waals surface area contributed by atoms with Crippen molar-refractivity contribution in [2.24, 2.45) is 0 Å². The minimum Gasteiger partial charge on any atom is -0.338 e. The second-order valence-corrected chi connectivity index (χ2v) is 8.96. The maximum atomic E-state index is 13.0. The number of benzene rings is 1. The first kappa shape index (κ1) is 18.5. The van der Waals surface area contributed by atoms with Crippen LogP contribution in [0, 0.1) is 0 Å². The fourth-order valence-corrected chi connectivity index (χ4v) is 4.71. The largest absolute Gasteiger partial charge is 0.338 e. The van der Waals surface area contributed by atoms with Gasteiger partial charge in [0.25, 0.3) is 0 Å². The topological polar surface area (TPSA) is 97.2 Å². The summed E-state index contributed by atoms with van der Waals surface area (Å²) < 4.78 is 23.4. The highest BCUT2D eigenvalue weighted by Gasteiger charge is 2.49. The first-order valence-electron chi connectivity index (χ1n) is 8.46. The molecule has 3 rings (SSSR count). The van der Waals surface area contributed by atoms with E-state index in [2.05, 4.69) is 15.5 Å². The van der Waals surface area contributed by atoms with Crippen molar-refractivity contribution in [1.29, 1.82) is 0 Å². The van der Waals surface area contributed by atoms with Crippen molar-refractivity contribution >= 4 is 15.7 Å². The Morgan fingerprint density at radius 2 is 1.92 bits per heavy atom. The van der Waals surface area contributed by atoms with Crippen LogP contribution in [0.5, 0.6) is 0 Å². The predicted molar refractivity (Wildman–Crippen MR) is 97.5 cm³/mol. The van der Waals surface area contributed by atoms with E-state index in [1.165, 1.54) is 9.70 Å². The monoisotopic (exact) mass is 377 g/mol. The van der Waals surface area contributed by atoms with Gasteiger partial charge in [0.2, 0.25) is 5.91 Å². The molecule has 0 radical (unpaired) electrons. The van der Waals surface area contributed by atoms with Crippen LogP contribution in [0.3, 0.4) is 0 Å². The Balaban J connectivity index is 1.78. The number of rotatable bonds is 5. The molecule has 1 aliphatic heterocycles. The Morgan fingerprint density at radius 1 is 1.27 bits per heavy atom. The fraction of sp³-hybridized carbons (Fsp3) is 0.471. The van der Waals surface area contributed by atoms with Gasteiger partial charge in [0.05, 0.1) is 18.4 Å².